The molecule has 3 rings (SSSR count). The van der Waals surface area contributed by atoms with Crippen LogP contribution in [0.1, 0.15) is 70.2 Å². The molecule has 1 aliphatic carbocycles. The lowest BCUT2D eigenvalue weighted by Crippen LogP contribution is -2.54. The quantitative estimate of drug-likeness (QED) is 0.277. The summed E-state index contributed by atoms with van der Waals surface area (Å²) < 4.78 is 2.33. The third-order valence-electron chi connectivity index (χ3n) is 7.15. The minimum atomic E-state index is -1.33. The van der Waals surface area contributed by atoms with Crippen LogP contribution >= 0.6 is 11.9 Å². The van der Waals surface area contributed by atoms with Gasteiger partial charge in [0.05, 0.1) is 18.1 Å². The summed E-state index contributed by atoms with van der Waals surface area (Å²) in [6.45, 7) is 10.4. The molecule has 1 aliphatic heterocycles. The maximum absolute atomic E-state index is 13.3. The Morgan fingerprint density at radius 3 is 2.29 bits per heavy atom. The number of allylic oxidation sites excluding steroid dienone is 3. The summed E-state index contributed by atoms with van der Waals surface area (Å²) in [5.74, 6) is -1.31. The van der Waals surface area contributed by atoms with Crippen molar-refractivity contribution in [2.75, 3.05) is 19.6 Å². The van der Waals surface area contributed by atoms with Crippen molar-refractivity contribution >= 4 is 23.8 Å². The Balaban J connectivity index is 1.74. The topological polar surface area (TPSA) is 102 Å². The lowest BCUT2D eigenvalue weighted by molar-refractivity contribution is -0.135. The molecule has 210 valence electrons. The molecule has 1 fully saturated rings. The first kappa shape index (κ1) is 30.4. The number of hydrogen-bond donors (Lipinski definition) is 4. The van der Waals surface area contributed by atoms with Gasteiger partial charge in [0.1, 0.15) is 6.10 Å². The zero-order valence-corrected chi connectivity index (χ0v) is 24.0. The van der Waals surface area contributed by atoms with Crippen LogP contribution in [-0.4, -0.2) is 64.2 Å². The predicted molar refractivity (Wildman–Crippen MR) is 154 cm³/mol. The van der Waals surface area contributed by atoms with Gasteiger partial charge in [-0.3, -0.25) is 9.59 Å². The summed E-state index contributed by atoms with van der Waals surface area (Å²) in [4.78, 5) is 27.3. The van der Waals surface area contributed by atoms with Gasteiger partial charge in [0, 0.05) is 30.1 Å². The van der Waals surface area contributed by atoms with E-state index in [0.717, 1.165) is 36.4 Å². The van der Waals surface area contributed by atoms with Gasteiger partial charge in [-0.15, -0.1) is 0 Å². The second-order valence-electron chi connectivity index (χ2n) is 11.2. The van der Waals surface area contributed by atoms with E-state index in [1.807, 2.05) is 52.0 Å². The summed E-state index contributed by atoms with van der Waals surface area (Å²) in [6.07, 6.45) is 7.98. The number of amides is 2. The number of aliphatic hydroxyl groups excluding tert-OH is 2. The van der Waals surface area contributed by atoms with Gasteiger partial charge in [0.15, 0.2) is 0 Å². The Labute approximate surface area is 232 Å². The number of carbonyl (C=O) groups excluding carboxylic acids is 2. The molecule has 7 nitrogen and oxygen atoms in total. The Hall–Kier alpha value is -2.13. The average Bonchev–Trinajstić information content (AvgIpc) is 3.40. The van der Waals surface area contributed by atoms with E-state index in [9.17, 15) is 19.8 Å². The van der Waals surface area contributed by atoms with E-state index in [0.29, 0.717) is 18.5 Å². The molecule has 1 heterocycles. The molecule has 1 aromatic carbocycles. The highest BCUT2D eigenvalue weighted by molar-refractivity contribution is 7.97. The normalized spacial score (nSPS) is 19.2. The van der Waals surface area contributed by atoms with E-state index in [2.05, 4.69) is 21.0 Å². The Bertz CT molecular complexity index is 970. The van der Waals surface area contributed by atoms with Crippen LogP contribution in [0.15, 0.2) is 53.0 Å². The molecule has 0 radical (unpaired) electrons. The summed E-state index contributed by atoms with van der Waals surface area (Å²) in [6, 6.07) is 6.74. The predicted octanol–water partition coefficient (Wildman–Crippen LogP) is 4.32. The third kappa shape index (κ3) is 8.97. The van der Waals surface area contributed by atoms with E-state index in [-0.39, 0.29) is 23.7 Å². The van der Waals surface area contributed by atoms with E-state index >= 15 is 0 Å². The fourth-order valence-electron chi connectivity index (χ4n) is 4.93. The van der Waals surface area contributed by atoms with Gasteiger partial charge in [-0.25, -0.2) is 4.31 Å². The lowest BCUT2D eigenvalue weighted by atomic mass is 9.82. The van der Waals surface area contributed by atoms with E-state index in [4.69, 9.17) is 0 Å². The minimum Gasteiger partial charge on any atom is -0.390 e. The molecular weight excluding hydrogens is 498 g/mol. The standard InChI is InChI=1S/C30H45N3O4S/c1-20(2)19-31-30(37)26(21(3)4)28(35)27(34)25(18-22-10-6-5-7-11-22)32-29(36)23-12-14-24(15-13-23)38-33-16-8-9-17-33/h5-6,10,12-15,20-21,25-28,34-35H,7-9,11,16-19H2,1-4H3,(H,31,37)(H,32,36)/t25-,26+,27+,28+/m0/s1. The van der Waals surface area contributed by atoms with Crippen molar-refractivity contribution in [2.24, 2.45) is 17.8 Å². The summed E-state index contributed by atoms with van der Waals surface area (Å²) >= 11 is 1.71. The largest absolute Gasteiger partial charge is 0.390 e. The van der Waals surface area contributed by atoms with Gasteiger partial charge >= 0.3 is 0 Å². The molecule has 4 atom stereocenters. The first-order valence-electron chi connectivity index (χ1n) is 14.0. The first-order valence-corrected chi connectivity index (χ1v) is 14.7. The molecule has 0 spiro atoms. The molecule has 1 saturated heterocycles. The number of benzene rings is 1. The van der Waals surface area contributed by atoms with E-state index < -0.39 is 24.2 Å². The van der Waals surface area contributed by atoms with Crippen LogP contribution in [-0.2, 0) is 4.79 Å². The van der Waals surface area contributed by atoms with Gasteiger partial charge in [0.2, 0.25) is 5.91 Å². The molecule has 0 aromatic heterocycles. The average molecular weight is 544 g/mol. The molecule has 1 aromatic rings. The van der Waals surface area contributed by atoms with Gasteiger partial charge in [0.25, 0.3) is 5.91 Å². The molecule has 0 bridgehead atoms. The van der Waals surface area contributed by atoms with Crippen molar-refractivity contribution in [3.8, 4) is 0 Å². The number of carbonyl (C=O) groups is 2. The molecule has 4 N–H and O–H groups in total. The first-order chi connectivity index (χ1) is 18.2. The van der Waals surface area contributed by atoms with Crippen molar-refractivity contribution in [3.05, 3.63) is 53.6 Å². The van der Waals surface area contributed by atoms with Crippen LogP contribution < -0.4 is 10.6 Å². The van der Waals surface area contributed by atoms with Gasteiger partial charge in [-0.1, -0.05) is 51.5 Å². The van der Waals surface area contributed by atoms with Gasteiger partial charge in [-0.05, 0) is 80.2 Å². The summed E-state index contributed by atoms with van der Waals surface area (Å²) in [7, 11) is 0. The van der Waals surface area contributed by atoms with Crippen molar-refractivity contribution < 1.29 is 19.8 Å². The van der Waals surface area contributed by atoms with Gasteiger partial charge < -0.3 is 20.8 Å². The van der Waals surface area contributed by atoms with E-state index in [1.165, 1.54) is 12.8 Å². The van der Waals surface area contributed by atoms with E-state index in [1.54, 1.807) is 24.1 Å². The molecule has 8 heteroatoms. The lowest BCUT2D eigenvalue weighted by Gasteiger charge is -2.34. The minimum absolute atomic E-state index is 0.194. The number of rotatable bonds is 13. The highest BCUT2D eigenvalue weighted by atomic mass is 32.2. The van der Waals surface area contributed by atoms with Gasteiger partial charge in [-0.2, -0.15) is 0 Å². The molecule has 2 aliphatic rings. The number of nitrogens with one attached hydrogen (secondary N) is 2. The monoisotopic (exact) mass is 543 g/mol. The maximum atomic E-state index is 13.3. The van der Waals surface area contributed by atoms with Crippen LogP contribution in [0.25, 0.3) is 0 Å². The number of nitrogens with zero attached hydrogens (tertiary/aromatic N) is 1. The zero-order chi connectivity index (χ0) is 27.7. The fraction of sp³-hybridized carbons (Fsp3) is 0.600. The number of hydrogen-bond acceptors (Lipinski definition) is 6. The second kappa shape index (κ2) is 14.9. The van der Waals surface area contributed by atoms with Crippen LogP contribution in [0.2, 0.25) is 0 Å². The highest BCUT2D eigenvalue weighted by Gasteiger charge is 2.38. The summed E-state index contributed by atoms with van der Waals surface area (Å²) in [5.41, 5.74) is 1.59. The fourth-order valence-corrected chi connectivity index (χ4v) is 5.93. The highest BCUT2D eigenvalue weighted by Crippen LogP contribution is 2.28. The van der Waals surface area contributed by atoms with Crippen molar-refractivity contribution in [1.29, 1.82) is 0 Å². The van der Waals surface area contributed by atoms with Crippen LogP contribution in [0.4, 0.5) is 0 Å². The van der Waals surface area contributed by atoms with Crippen LogP contribution in [0.5, 0.6) is 0 Å². The van der Waals surface area contributed by atoms with Crippen molar-refractivity contribution in [1.82, 2.24) is 14.9 Å². The van der Waals surface area contributed by atoms with Crippen LogP contribution in [0, 0.1) is 17.8 Å². The molecule has 38 heavy (non-hydrogen) atoms. The zero-order valence-electron chi connectivity index (χ0n) is 23.2. The number of aliphatic hydroxyl groups is 2. The van der Waals surface area contributed by atoms with Crippen molar-refractivity contribution in [2.45, 2.75) is 82.9 Å². The molecule has 0 unspecified atom stereocenters. The Kier molecular flexibility index (Phi) is 11.9. The summed E-state index contributed by atoms with van der Waals surface area (Å²) in [5, 5.41) is 28.5. The second-order valence-corrected chi connectivity index (χ2v) is 12.4. The Morgan fingerprint density at radius 2 is 1.71 bits per heavy atom. The molecule has 2 amide bonds. The third-order valence-corrected chi connectivity index (χ3v) is 8.26. The Morgan fingerprint density at radius 1 is 1.03 bits per heavy atom. The maximum Gasteiger partial charge on any atom is 0.251 e. The molecule has 0 saturated carbocycles. The molecular formula is C30H45N3O4S. The smallest absolute Gasteiger partial charge is 0.251 e. The SMILES string of the molecule is CC(C)CNC(=O)[C@H](C(C)C)[C@@H](O)[C@H](O)[C@H](CC1=CC=CCC1)NC(=O)c1ccc(SN2CCCC2)cc1. The van der Waals surface area contributed by atoms with Crippen LogP contribution in [0.3, 0.4) is 0 Å². The van der Waals surface area contributed by atoms with Crippen molar-refractivity contribution in [3.63, 3.8) is 0 Å².